The van der Waals surface area contributed by atoms with E-state index in [1.54, 1.807) is 0 Å². The molecular formula is C15H23NOS. The Morgan fingerprint density at radius 1 is 1.17 bits per heavy atom. The summed E-state index contributed by atoms with van der Waals surface area (Å²) in [6, 6.07) is 11.2. The van der Waals surface area contributed by atoms with Crippen molar-refractivity contribution in [3.8, 4) is 0 Å². The van der Waals surface area contributed by atoms with E-state index in [0.717, 1.165) is 25.1 Å². The summed E-state index contributed by atoms with van der Waals surface area (Å²) < 4.78 is 5.75. The highest BCUT2D eigenvalue weighted by atomic mass is 32.2. The van der Waals surface area contributed by atoms with E-state index in [4.69, 9.17) is 4.74 Å². The number of nitrogens with one attached hydrogen (secondary N) is 1. The van der Waals surface area contributed by atoms with Crippen LogP contribution >= 0.6 is 11.8 Å². The molecule has 2 atom stereocenters. The second-order valence-electron chi connectivity index (χ2n) is 5.04. The number of hydrogen-bond acceptors (Lipinski definition) is 3. The van der Waals surface area contributed by atoms with E-state index >= 15 is 0 Å². The Balaban J connectivity index is 1.63. The summed E-state index contributed by atoms with van der Waals surface area (Å²) in [6.45, 7) is 5.41. The maximum absolute atomic E-state index is 5.75. The second kappa shape index (κ2) is 7.17. The second-order valence-corrected chi connectivity index (χ2v) is 6.21. The molecule has 1 N–H and O–H groups in total. The Bertz CT molecular complexity index is 334. The van der Waals surface area contributed by atoms with Gasteiger partial charge < -0.3 is 10.1 Å². The smallest absolute Gasteiger partial charge is 0.0565 e. The highest BCUT2D eigenvalue weighted by Gasteiger charge is 2.23. The molecule has 0 bridgehead atoms. The van der Waals surface area contributed by atoms with Crippen molar-refractivity contribution in [3.05, 3.63) is 30.3 Å². The quantitative estimate of drug-likeness (QED) is 0.652. The lowest BCUT2D eigenvalue weighted by atomic mass is 10.00. The van der Waals surface area contributed by atoms with Gasteiger partial charge in [-0.25, -0.2) is 0 Å². The van der Waals surface area contributed by atoms with Gasteiger partial charge in [-0.15, -0.1) is 11.8 Å². The molecule has 0 aliphatic carbocycles. The normalized spacial score (nSPS) is 28.2. The van der Waals surface area contributed by atoms with Gasteiger partial charge in [-0.2, -0.15) is 0 Å². The maximum atomic E-state index is 5.75. The van der Waals surface area contributed by atoms with Crippen molar-refractivity contribution in [2.24, 2.45) is 0 Å². The highest BCUT2D eigenvalue weighted by Crippen LogP contribution is 2.20. The van der Waals surface area contributed by atoms with E-state index < -0.39 is 0 Å². The summed E-state index contributed by atoms with van der Waals surface area (Å²) >= 11 is 1.92. The molecule has 3 heteroatoms. The molecule has 0 spiro atoms. The van der Waals surface area contributed by atoms with Crippen LogP contribution in [0.1, 0.15) is 26.7 Å². The summed E-state index contributed by atoms with van der Waals surface area (Å²) in [4.78, 5) is 1.35. The monoisotopic (exact) mass is 265 g/mol. The largest absolute Gasteiger partial charge is 0.375 e. The Morgan fingerprint density at radius 3 is 2.50 bits per heavy atom. The van der Waals surface area contributed by atoms with Crippen LogP contribution < -0.4 is 5.32 Å². The molecule has 1 aliphatic rings. The van der Waals surface area contributed by atoms with E-state index in [1.807, 2.05) is 11.8 Å². The number of rotatable bonds is 5. The molecule has 100 valence electrons. The number of hydrogen-bond donors (Lipinski definition) is 1. The molecule has 0 amide bonds. The molecular weight excluding hydrogens is 242 g/mol. The first-order valence-electron chi connectivity index (χ1n) is 6.80. The zero-order chi connectivity index (χ0) is 12.8. The first-order valence-corrected chi connectivity index (χ1v) is 7.79. The standard InChI is InChI=1S/C15H23NOS/c1-12-10-14(11-13(2)17-12)16-8-9-18-15-6-4-3-5-7-15/h3-7,12-14,16H,8-11H2,1-2H3. The van der Waals surface area contributed by atoms with Crippen molar-refractivity contribution in [1.82, 2.24) is 5.32 Å². The number of ether oxygens (including phenoxy) is 1. The molecule has 0 radical (unpaired) electrons. The molecule has 1 fully saturated rings. The fraction of sp³-hybridized carbons (Fsp3) is 0.600. The third-order valence-corrected chi connectivity index (χ3v) is 4.26. The number of benzene rings is 1. The molecule has 1 saturated heterocycles. The van der Waals surface area contributed by atoms with Crippen LogP contribution in [0.15, 0.2) is 35.2 Å². The predicted octanol–water partition coefficient (Wildman–Crippen LogP) is 3.32. The zero-order valence-electron chi connectivity index (χ0n) is 11.3. The summed E-state index contributed by atoms with van der Waals surface area (Å²) in [5.74, 6) is 1.13. The van der Waals surface area contributed by atoms with Gasteiger partial charge in [0, 0.05) is 23.2 Å². The van der Waals surface area contributed by atoms with Crippen molar-refractivity contribution in [2.75, 3.05) is 12.3 Å². The third kappa shape index (κ3) is 4.63. The minimum atomic E-state index is 0.396. The lowest BCUT2D eigenvalue weighted by Crippen LogP contribution is -2.42. The highest BCUT2D eigenvalue weighted by molar-refractivity contribution is 7.99. The molecule has 2 nitrogen and oxygen atoms in total. The molecule has 0 aromatic heterocycles. The zero-order valence-corrected chi connectivity index (χ0v) is 12.1. The van der Waals surface area contributed by atoms with Gasteiger partial charge >= 0.3 is 0 Å². The van der Waals surface area contributed by atoms with Gasteiger partial charge in [0.2, 0.25) is 0 Å². The van der Waals surface area contributed by atoms with Crippen LogP contribution in [-0.4, -0.2) is 30.5 Å². The Morgan fingerprint density at radius 2 is 1.83 bits per heavy atom. The van der Waals surface area contributed by atoms with Gasteiger partial charge in [-0.3, -0.25) is 0 Å². The SMILES string of the molecule is CC1CC(NCCSc2ccccc2)CC(C)O1. The van der Waals surface area contributed by atoms with Gasteiger partial charge in [0.25, 0.3) is 0 Å². The Kier molecular flexibility index (Phi) is 5.54. The predicted molar refractivity (Wildman–Crippen MR) is 78.2 cm³/mol. The Labute approximate surface area is 114 Å². The van der Waals surface area contributed by atoms with Gasteiger partial charge in [-0.1, -0.05) is 18.2 Å². The summed E-state index contributed by atoms with van der Waals surface area (Å²) in [6.07, 6.45) is 3.07. The van der Waals surface area contributed by atoms with Gasteiger partial charge in [0.1, 0.15) is 0 Å². The molecule has 0 saturated carbocycles. The van der Waals surface area contributed by atoms with Crippen LogP contribution in [0.2, 0.25) is 0 Å². The van der Waals surface area contributed by atoms with Gasteiger partial charge in [0.15, 0.2) is 0 Å². The van der Waals surface area contributed by atoms with Crippen LogP contribution in [0.4, 0.5) is 0 Å². The van der Waals surface area contributed by atoms with E-state index in [0.29, 0.717) is 18.2 Å². The van der Waals surface area contributed by atoms with Crippen molar-refractivity contribution >= 4 is 11.8 Å². The van der Waals surface area contributed by atoms with Crippen molar-refractivity contribution < 1.29 is 4.74 Å². The van der Waals surface area contributed by atoms with Crippen LogP contribution in [-0.2, 0) is 4.74 Å². The third-order valence-electron chi connectivity index (χ3n) is 3.24. The minimum absolute atomic E-state index is 0.396. The first kappa shape index (κ1) is 13.9. The summed E-state index contributed by atoms with van der Waals surface area (Å²) in [5, 5.41) is 3.65. The lowest BCUT2D eigenvalue weighted by Gasteiger charge is -2.32. The van der Waals surface area contributed by atoms with Gasteiger partial charge in [-0.05, 0) is 38.8 Å². The van der Waals surface area contributed by atoms with Gasteiger partial charge in [0.05, 0.1) is 12.2 Å². The fourth-order valence-corrected chi connectivity index (χ4v) is 3.33. The maximum Gasteiger partial charge on any atom is 0.0565 e. The van der Waals surface area contributed by atoms with E-state index in [9.17, 15) is 0 Å². The van der Waals surface area contributed by atoms with Crippen LogP contribution in [0.3, 0.4) is 0 Å². The van der Waals surface area contributed by atoms with Crippen LogP contribution in [0.5, 0.6) is 0 Å². The number of thioether (sulfide) groups is 1. The average molecular weight is 265 g/mol. The first-order chi connectivity index (χ1) is 8.74. The van der Waals surface area contributed by atoms with E-state index in [1.165, 1.54) is 4.90 Å². The summed E-state index contributed by atoms with van der Waals surface area (Å²) in [7, 11) is 0. The topological polar surface area (TPSA) is 21.3 Å². The molecule has 2 unspecified atom stereocenters. The Hall–Kier alpha value is -0.510. The molecule has 1 aliphatic heterocycles. The van der Waals surface area contributed by atoms with E-state index in [-0.39, 0.29) is 0 Å². The van der Waals surface area contributed by atoms with Crippen molar-refractivity contribution in [1.29, 1.82) is 0 Å². The van der Waals surface area contributed by atoms with Crippen molar-refractivity contribution in [2.45, 2.75) is 49.8 Å². The molecule has 18 heavy (non-hydrogen) atoms. The fourth-order valence-electron chi connectivity index (χ4n) is 2.52. The summed E-state index contributed by atoms with van der Waals surface area (Å²) in [5.41, 5.74) is 0. The molecule has 1 heterocycles. The van der Waals surface area contributed by atoms with Crippen LogP contribution in [0.25, 0.3) is 0 Å². The minimum Gasteiger partial charge on any atom is -0.375 e. The van der Waals surface area contributed by atoms with E-state index in [2.05, 4.69) is 49.5 Å². The molecule has 1 aromatic carbocycles. The molecule has 2 rings (SSSR count). The molecule has 1 aromatic rings. The van der Waals surface area contributed by atoms with Crippen molar-refractivity contribution in [3.63, 3.8) is 0 Å². The lowest BCUT2D eigenvalue weighted by molar-refractivity contribution is -0.0417. The average Bonchev–Trinajstić information content (AvgIpc) is 2.35. The van der Waals surface area contributed by atoms with Crippen LogP contribution in [0, 0.1) is 0 Å².